The van der Waals surface area contributed by atoms with Gasteiger partial charge in [0.15, 0.2) is 11.5 Å². The molecule has 6 rings (SSSR count). The van der Waals surface area contributed by atoms with E-state index in [1.807, 2.05) is 31.3 Å². The number of anilines is 1. The summed E-state index contributed by atoms with van der Waals surface area (Å²) in [5.41, 5.74) is 4.78. The first-order valence-electron chi connectivity index (χ1n) is 17.1. The van der Waals surface area contributed by atoms with Gasteiger partial charge in [-0.25, -0.2) is 4.98 Å². The average molecular weight is 682 g/mol. The van der Waals surface area contributed by atoms with Crippen molar-refractivity contribution >= 4 is 22.9 Å². The zero-order valence-corrected chi connectivity index (χ0v) is 29.5. The molecule has 0 saturated carbocycles. The van der Waals surface area contributed by atoms with Gasteiger partial charge in [0, 0.05) is 50.6 Å². The number of methoxy groups -OCH3 is 4. The molecule has 1 amide bonds. The summed E-state index contributed by atoms with van der Waals surface area (Å²) < 4.78 is 27.4. The van der Waals surface area contributed by atoms with Crippen LogP contribution in [-0.4, -0.2) is 93.4 Å². The Morgan fingerprint density at radius 1 is 0.980 bits per heavy atom. The van der Waals surface area contributed by atoms with Gasteiger partial charge in [-0.2, -0.15) is 0 Å². The number of ether oxygens (including phenoxy) is 4. The number of hydrogen-bond donors (Lipinski definition) is 2. The molecule has 5 aromatic rings. The molecule has 1 aliphatic rings. The van der Waals surface area contributed by atoms with E-state index in [1.54, 1.807) is 51.7 Å². The third kappa shape index (κ3) is 8.00. The molecule has 0 radical (unpaired) electrons. The molecule has 1 saturated heterocycles. The molecule has 264 valence electrons. The molecule has 50 heavy (non-hydrogen) atoms. The largest absolute Gasteiger partial charge is 0.497 e. The number of carbonyl (C=O) groups excluding carboxylic acids is 1. The molecule has 2 aromatic heterocycles. The van der Waals surface area contributed by atoms with Gasteiger partial charge in [-0.15, -0.1) is 0 Å². The Kier molecular flexibility index (Phi) is 11.1. The Morgan fingerprint density at radius 2 is 1.72 bits per heavy atom. The molecule has 1 atom stereocenters. The van der Waals surface area contributed by atoms with E-state index in [4.69, 9.17) is 28.3 Å². The summed E-state index contributed by atoms with van der Waals surface area (Å²) >= 11 is 0. The van der Waals surface area contributed by atoms with Crippen molar-refractivity contribution in [1.29, 1.82) is 0 Å². The van der Waals surface area contributed by atoms with E-state index in [9.17, 15) is 4.79 Å². The van der Waals surface area contributed by atoms with E-state index < -0.39 is 0 Å². The number of likely N-dealkylation sites (N-methyl/N-ethyl adjacent to an activating group) is 1. The zero-order chi connectivity index (χ0) is 35.0. The van der Waals surface area contributed by atoms with Crippen molar-refractivity contribution in [2.45, 2.75) is 37.6 Å². The first kappa shape index (κ1) is 34.7. The van der Waals surface area contributed by atoms with E-state index in [2.05, 4.69) is 45.5 Å². The number of carbonyl (C=O) groups is 1. The summed E-state index contributed by atoms with van der Waals surface area (Å²) in [6.45, 7) is 3.44. The summed E-state index contributed by atoms with van der Waals surface area (Å²) in [5, 5.41) is 3.66. The lowest BCUT2D eigenvalue weighted by atomic mass is 9.93. The zero-order valence-electron chi connectivity index (χ0n) is 29.5. The number of benzene rings is 3. The van der Waals surface area contributed by atoms with Crippen LogP contribution in [0.1, 0.15) is 52.4 Å². The standard InChI is InChI=1S/C39H47N5O6/c1-43(38(45)29-23-34(47-3)37(49-5)35(24-29)48-4)25-28(26-11-13-31(46-2)14-12-26)15-18-44-19-16-30(17-20-44)40-39-41-33-10-6-8-27(36(33)42-39)22-32-9-7-21-50-32/h6-14,21,23-24,28,30H,15-20,22,25H2,1-5H3,(H2,40,41,42). The van der Waals surface area contributed by atoms with Crippen LogP contribution in [0, 0.1) is 0 Å². The number of aromatic nitrogens is 2. The fourth-order valence-corrected chi connectivity index (χ4v) is 6.81. The van der Waals surface area contributed by atoms with Gasteiger partial charge in [0.2, 0.25) is 11.7 Å². The second-order valence-electron chi connectivity index (χ2n) is 12.8. The molecule has 1 fully saturated rings. The van der Waals surface area contributed by atoms with Gasteiger partial charge in [-0.3, -0.25) is 4.79 Å². The molecule has 3 heterocycles. The summed E-state index contributed by atoms with van der Waals surface area (Å²) in [6, 6.07) is 22.0. The number of para-hydroxylation sites is 1. The van der Waals surface area contributed by atoms with Crippen LogP contribution in [0.15, 0.2) is 77.4 Å². The van der Waals surface area contributed by atoms with Gasteiger partial charge in [0.25, 0.3) is 5.91 Å². The molecule has 0 aliphatic carbocycles. The monoisotopic (exact) mass is 681 g/mol. The maximum Gasteiger partial charge on any atom is 0.253 e. The number of imidazole rings is 1. The number of rotatable bonds is 15. The molecular formula is C39H47N5O6. The molecule has 11 nitrogen and oxygen atoms in total. The van der Waals surface area contributed by atoms with Gasteiger partial charge in [-0.05, 0) is 79.4 Å². The lowest BCUT2D eigenvalue weighted by Gasteiger charge is -2.34. The third-order valence-corrected chi connectivity index (χ3v) is 9.60. The van der Waals surface area contributed by atoms with Crippen molar-refractivity contribution in [3.05, 3.63) is 95.4 Å². The highest BCUT2D eigenvalue weighted by atomic mass is 16.5. The van der Waals surface area contributed by atoms with Crippen LogP contribution in [0.25, 0.3) is 11.0 Å². The van der Waals surface area contributed by atoms with E-state index in [0.717, 1.165) is 73.0 Å². The Bertz CT molecular complexity index is 1820. The predicted molar refractivity (Wildman–Crippen MR) is 194 cm³/mol. The third-order valence-electron chi connectivity index (χ3n) is 9.60. The number of hydrogen-bond acceptors (Lipinski definition) is 9. The van der Waals surface area contributed by atoms with Gasteiger partial charge < -0.3 is 43.5 Å². The van der Waals surface area contributed by atoms with Crippen LogP contribution in [0.2, 0.25) is 0 Å². The SMILES string of the molecule is COc1ccc(C(CCN2CCC(Nc3nc4c(Cc5ccco5)cccc4[nH]3)CC2)CN(C)C(=O)c2cc(OC)c(OC)c(OC)c2)cc1. The fraction of sp³-hybridized carbons (Fsp3) is 0.385. The van der Waals surface area contributed by atoms with Crippen molar-refractivity contribution in [3.63, 3.8) is 0 Å². The summed E-state index contributed by atoms with van der Waals surface area (Å²) in [5.74, 6) is 3.90. The number of furan rings is 1. The van der Waals surface area contributed by atoms with Crippen molar-refractivity contribution in [2.75, 3.05) is 67.0 Å². The smallest absolute Gasteiger partial charge is 0.253 e. The van der Waals surface area contributed by atoms with Gasteiger partial charge in [0.1, 0.15) is 11.5 Å². The normalized spacial score (nSPS) is 14.3. The molecule has 11 heteroatoms. The number of likely N-dealkylation sites (tertiary alicyclic amines) is 1. The van der Waals surface area contributed by atoms with E-state index in [-0.39, 0.29) is 11.8 Å². The fourth-order valence-electron chi connectivity index (χ4n) is 6.81. The van der Waals surface area contributed by atoms with Crippen molar-refractivity contribution < 1.29 is 28.2 Å². The van der Waals surface area contributed by atoms with Gasteiger partial charge in [-0.1, -0.05) is 24.3 Å². The lowest BCUT2D eigenvalue weighted by Crippen LogP contribution is -2.40. The predicted octanol–water partition coefficient (Wildman–Crippen LogP) is 6.60. The van der Waals surface area contributed by atoms with Crippen LogP contribution in [-0.2, 0) is 6.42 Å². The molecule has 0 bridgehead atoms. The number of piperidine rings is 1. The molecule has 3 aromatic carbocycles. The van der Waals surface area contributed by atoms with E-state index >= 15 is 0 Å². The Morgan fingerprint density at radius 3 is 2.36 bits per heavy atom. The topological polar surface area (TPSA) is 114 Å². The summed E-state index contributed by atoms with van der Waals surface area (Å²) in [7, 11) is 8.16. The maximum absolute atomic E-state index is 13.7. The molecule has 0 spiro atoms. The second kappa shape index (κ2) is 16.0. The number of nitrogens with zero attached hydrogens (tertiary/aromatic N) is 3. The lowest BCUT2D eigenvalue weighted by molar-refractivity contribution is 0.0781. The molecule has 1 aliphatic heterocycles. The first-order valence-corrected chi connectivity index (χ1v) is 17.1. The minimum absolute atomic E-state index is 0.117. The molecule has 1 unspecified atom stereocenters. The van der Waals surface area contributed by atoms with Crippen LogP contribution in [0.5, 0.6) is 23.0 Å². The molecular weight excluding hydrogens is 634 g/mol. The van der Waals surface area contributed by atoms with E-state index in [1.165, 1.54) is 5.56 Å². The van der Waals surface area contributed by atoms with Crippen LogP contribution >= 0.6 is 0 Å². The number of aromatic amines is 1. The summed E-state index contributed by atoms with van der Waals surface area (Å²) in [4.78, 5) is 26.4. The molecule has 2 N–H and O–H groups in total. The maximum atomic E-state index is 13.7. The van der Waals surface area contributed by atoms with Gasteiger partial charge >= 0.3 is 0 Å². The van der Waals surface area contributed by atoms with Crippen molar-refractivity contribution in [1.82, 2.24) is 19.8 Å². The minimum Gasteiger partial charge on any atom is -0.497 e. The quantitative estimate of drug-likeness (QED) is 0.126. The minimum atomic E-state index is -0.117. The van der Waals surface area contributed by atoms with Crippen LogP contribution in [0.3, 0.4) is 0 Å². The number of amides is 1. The highest BCUT2D eigenvalue weighted by Crippen LogP contribution is 2.38. The van der Waals surface area contributed by atoms with Crippen molar-refractivity contribution in [2.24, 2.45) is 0 Å². The highest BCUT2D eigenvalue weighted by Gasteiger charge is 2.25. The van der Waals surface area contributed by atoms with E-state index in [0.29, 0.717) is 41.8 Å². The van der Waals surface area contributed by atoms with Crippen LogP contribution in [0.4, 0.5) is 5.95 Å². The Labute approximate surface area is 293 Å². The van der Waals surface area contributed by atoms with Gasteiger partial charge in [0.05, 0.1) is 45.7 Å². The number of H-pyrrole nitrogens is 1. The summed E-state index contributed by atoms with van der Waals surface area (Å²) in [6.07, 6.45) is 5.35. The Balaban J connectivity index is 1.08. The van der Waals surface area contributed by atoms with Crippen LogP contribution < -0.4 is 24.3 Å². The highest BCUT2D eigenvalue weighted by molar-refractivity contribution is 5.95. The average Bonchev–Trinajstić information content (AvgIpc) is 3.83. The number of fused-ring (bicyclic) bond motifs is 1. The number of nitrogens with one attached hydrogen (secondary N) is 2. The first-order chi connectivity index (χ1) is 24.4. The Hall–Kier alpha value is -5.16. The van der Waals surface area contributed by atoms with Crippen molar-refractivity contribution in [3.8, 4) is 23.0 Å². The second-order valence-corrected chi connectivity index (χ2v) is 12.8.